The Kier molecular flexibility index (Phi) is 7.71. The predicted octanol–water partition coefficient (Wildman–Crippen LogP) is 6.23. The first-order valence-electron chi connectivity index (χ1n) is 10.5. The minimum Gasteiger partial charge on any atom is -0.204 e. The minimum absolute atomic E-state index is 0.600. The highest BCUT2D eigenvalue weighted by molar-refractivity contribution is 6.96. The summed E-state index contributed by atoms with van der Waals surface area (Å²) in [6.07, 6.45) is 0. The van der Waals surface area contributed by atoms with Gasteiger partial charge >= 0.3 is 0 Å². The highest BCUT2D eigenvalue weighted by atomic mass is 19.2. The molecule has 0 fully saturated rings. The van der Waals surface area contributed by atoms with Crippen molar-refractivity contribution in [3.8, 4) is 11.1 Å². The van der Waals surface area contributed by atoms with E-state index in [1.54, 1.807) is 0 Å². The number of halogens is 17. The predicted molar refractivity (Wildman–Crippen MR) is 109 cm³/mol. The quantitative estimate of drug-likeness (QED) is 0.109. The summed E-state index contributed by atoms with van der Waals surface area (Å²) < 4.78 is 246. The zero-order valence-electron chi connectivity index (χ0n) is 19.2. The Balaban J connectivity index is 2.41. The van der Waals surface area contributed by atoms with Crippen LogP contribution in [-0.2, 0) is 0 Å². The van der Waals surface area contributed by atoms with Gasteiger partial charge in [0.1, 0.15) is 0 Å². The van der Waals surface area contributed by atoms with E-state index in [4.69, 9.17) is 0 Å². The van der Waals surface area contributed by atoms with Crippen molar-refractivity contribution in [3.63, 3.8) is 0 Å². The van der Waals surface area contributed by atoms with Crippen LogP contribution in [0.5, 0.6) is 0 Å². The summed E-state index contributed by atoms with van der Waals surface area (Å²) in [5, 5.41) is 0. The Bertz CT molecular complexity index is 1670. The van der Waals surface area contributed by atoms with Crippen molar-refractivity contribution in [2.45, 2.75) is 0 Å². The average Bonchev–Trinajstić information content (AvgIpc) is 2.94. The molecular weight excluding hydrogens is 622 g/mol. The van der Waals surface area contributed by atoms with Crippen LogP contribution in [-0.4, -0.2) is 6.71 Å². The van der Waals surface area contributed by atoms with E-state index >= 15 is 8.78 Å². The molecule has 0 aromatic heterocycles. The van der Waals surface area contributed by atoms with Gasteiger partial charge < -0.3 is 0 Å². The van der Waals surface area contributed by atoms with Gasteiger partial charge in [0.05, 0.1) is 5.56 Å². The summed E-state index contributed by atoms with van der Waals surface area (Å²) >= 11 is 0. The highest BCUT2D eigenvalue weighted by Crippen LogP contribution is 2.35. The molecule has 0 N–H and O–H groups in total. The largest absolute Gasteiger partial charge is 0.262 e. The molecule has 0 unspecified atom stereocenters. The van der Waals surface area contributed by atoms with Gasteiger partial charge in [0.2, 0.25) is 5.82 Å². The van der Waals surface area contributed by atoms with Gasteiger partial charge in [-0.3, -0.25) is 0 Å². The molecule has 0 spiro atoms. The third kappa shape index (κ3) is 4.34. The summed E-state index contributed by atoms with van der Waals surface area (Å²) in [6, 6.07) is -1.20. The first-order chi connectivity index (χ1) is 19.4. The summed E-state index contributed by atoms with van der Waals surface area (Å²) in [7, 11) is 0. The lowest BCUT2D eigenvalue weighted by Gasteiger charge is -2.24. The van der Waals surface area contributed by atoms with Crippen molar-refractivity contribution >= 4 is 23.1 Å². The molecule has 0 saturated carbocycles. The molecule has 18 heteroatoms. The van der Waals surface area contributed by atoms with Crippen molar-refractivity contribution < 1.29 is 74.6 Å². The van der Waals surface area contributed by atoms with Crippen LogP contribution in [0.3, 0.4) is 0 Å². The second-order valence-corrected chi connectivity index (χ2v) is 8.19. The van der Waals surface area contributed by atoms with E-state index in [0.29, 0.717) is 0 Å². The Morgan fingerprint density at radius 1 is 0.262 bits per heavy atom. The van der Waals surface area contributed by atoms with E-state index in [2.05, 4.69) is 0 Å². The van der Waals surface area contributed by atoms with Gasteiger partial charge in [0.15, 0.2) is 93.1 Å². The van der Waals surface area contributed by atoms with Crippen LogP contribution in [0.1, 0.15) is 0 Å². The Morgan fingerprint density at radius 2 is 0.524 bits per heavy atom. The Morgan fingerprint density at radius 3 is 0.857 bits per heavy atom. The maximum atomic E-state index is 15.3. The fourth-order valence-electron chi connectivity index (χ4n) is 4.11. The molecule has 4 aromatic rings. The van der Waals surface area contributed by atoms with Gasteiger partial charge in [-0.25, -0.2) is 74.6 Å². The number of benzene rings is 4. The first-order valence-corrected chi connectivity index (χ1v) is 10.5. The van der Waals surface area contributed by atoms with Gasteiger partial charge in [-0.2, -0.15) is 0 Å². The number of hydrogen-bond acceptors (Lipinski definition) is 0. The standard InChI is InChI=1S/C24H2BF17/c26-3-1-4(27)13(31)10(12(3)30)25(11-14(32)5(28)2-6(29)15(11)33)9-7(16(34)20(38)23(41)19(9)37)8-17(35)21(39)24(42)22(40)18(8)36/h1-2H. The fraction of sp³-hybridized carbons (Fsp3) is 0. The molecule has 220 valence electrons. The molecule has 0 aliphatic carbocycles. The maximum Gasteiger partial charge on any atom is 0.262 e. The summed E-state index contributed by atoms with van der Waals surface area (Å²) in [6.45, 7) is -4.02. The van der Waals surface area contributed by atoms with Gasteiger partial charge in [0.25, 0.3) is 6.71 Å². The first kappa shape index (κ1) is 30.7. The lowest BCUT2D eigenvalue weighted by molar-refractivity contribution is 0.379. The number of rotatable bonds is 4. The second-order valence-electron chi connectivity index (χ2n) is 8.19. The molecule has 0 atom stereocenters. The molecule has 0 saturated heterocycles. The van der Waals surface area contributed by atoms with Crippen LogP contribution < -0.4 is 16.4 Å². The molecule has 0 aliphatic rings. The summed E-state index contributed by atoms with van der Waals surface area (Å²) in [5.74, 6) is -49.4. The average molecular weight is 624 g/mol. The molecule has 0 aliphatic heterocycles. The molecule has 0 amide bonds. The number of hydrogen-bond donors (Lipinski definition) is 0. The van der Waals surface area contributed by atoms with E-state index in [-0.39, 0.29) is 0 Å². The highest BCUT2D eigenvalue weighted by Gasteiger charge is 2.45. The van der Waals surface area contributed by atoms with Gasteiger partial charge in [-0.1, -0.05) is 0 Å². The third-order valence-electron chi connectivity index (χ3n) is 5.92. The Hall–Kier alpha value is -4.25. The van der Waals surface area contributed by atoms with Crippen LogP contribution in [0.15, 0.2) is 12.1 Å². The topological polar surface area (TPSA) is 0 Å². The maximum absolute atomic E-state index is 15.3. The molecule has 0 bridgehead atoms. The van der Waals surface area contributed by atoms with Gasteiger partial charge in [-0.05, 0) is 5.46 Å². The van der Waals surface area contributed by atoms with Crippen LogP contribution in [0.2, 0.25) is 0 Å². The van der Waals surface area contributed by atoms with Crippen molar-refractivity contribution in [2.24, 2.45) is 0 Å². The fourth-order valence-corrected chi connectivity index (χ4v) is 4.11. The Labute approximate surface area is 220 Å². The van der Waals surface area contributed by atoms with Crippen molar-refractivity contribution in [1.29, 1.82) is 0 Å². The van der Waals surface area contributed by atoms with Crippen molar-refractivity contribution in [1.82, 2.24) is 0 Å². The van der Waals surface area contributed by atoms with Crippen LogP contribution in [0.25, 0.3) is 11.1 Å². The van der Waals surface area contributed by atoms with Gasteiger partial charge in [0, 0.05) is 28.6 Å². The smallest absolute Gasteiger partial charge is 0.204 e. The van der Waals surface area contributed by atoms with Crippen molar-refractivity contribution in [3.05, 3.63) is 111 Å². The summed E-state index contributed by atoms with van der Waals surface area (Å²) in [5.41, 5.74) is -13.5. The van der Waals surface area contributed by atoms with E-state index < -0.39 is 145 Å². The van der Waals surface area contributed by atoms with E-state index in [9.17, 15) is 65.9 Å². The van der Waals surface area contributed by atoms with E-state index in [1.165, 1.54) is 0 Å². The zero-order valence-corrected chi connectivity index (χ0v) is 19.2. The van der Waals surface area contributed by atoms with Gasteiger partial charge in [-0.15, -0.1) is 0 Å². The van der Waals surface area contributed by atoms with Crippen LogP contribution in [0.4, 0.5) is 74.6 Å². The molecule has 42 heavy (non-hydrogen) atoms. The third-order valence-corrected chi connectivity index (χ3v) is 5.92. The molecule has 0 nitrogen and oxygen atoms in total. The van der Waals surface area contributed by atoms with E-state index in [0.717, 1.165) is 0 Å². The lowest BCUT2D eigenvalue weighted by Crippen LogP contribution is -2.60. The van der Waals surface area contributed by atoms with E-state index in [1.807, 2.05) is 0 Å². The van der Waals surface area contributed by atoms with Crippen LogP contribution in [0, 0.1) is 98.9 Å². The van der Waals surface area contributed by atoms with Crippen molar-refractivity contribution in [2.75, 3.05) is 0 Å². The molecule has 0 radical (unpaired) electrons. The molecular formula is C24H2BF17. The second kappa shape index (κ2) is 10.5. The molecule has 0 heterocycles. The summed E-state index contributed by atoms with van der Waals surface area (Å²) in [4.78, 5) is 0. The molecule has 4 rings (SSSR count). The SMILES string of the molecule is Fc1cc(F)c(F)c(B(c2c(F)c(F)cc(F)c2F)c2c(F)c(F)c(F)c(F)c2-c2c(F)c(F)c(F)c(F)c2F)c1F. The molecule has 4 aromatic carbocycles. The zero-order chi connectivity index (χ0) is 31.7. The normalized spacial score (nSPS) is 11.5. The minimum atomic E-state index is -4.02. The lowest BCUT2D eigenvalue weighted by atomic mass is 9.35. The van der Waals surface area contributed by atoms with Crippen LogP contribution >= 0.6 is 0 Å². The monoisotopic (exact) mass is 624 g/mol.